The molecule has 0 N–H and O–H groups in total. The van der Waals surface area contributed by atoms with Crippen LogP contribution in [0.3, 0.4) is 0 Å². The van der Waals surface area contributed by atoms with Crippen molar-refractivity contribution in [3.63, 3.8) is 0 Å². The van der Waals surface area contributed by atoms with Crippen LogP contribution < -0.4 is 0 Å². The first kappa shape index (κ1) is 22.7. The molecule has 0 unspecified atom stereocenters. The SMILES string of the molecule is CCOC(=O)CN(C(=O)OC(C)(C)C)C(C)(C)CC(=O)N1Cc2ccccc2C1. The van der Waals surface area contributed by atoms with Gasteiger partial charge in [0.15, 0.2) is 0 Å². The number of rotatable bonds is 6. The first-order chi connectivity index (χ1) is 13.4. The van der Waals surface area contributed by atoms with Gasteiger partial charge < -0.3 is 14.4 Å². The highest BCUT2D eigenvalue weighted by Crippen LogP contribution is 2.27. The number of esters is 1. The van der Waals surface area contributed by atoms with E-state index in [9.17, 15) is 14.4 Å². The van der Waals surface area contributed by atoms with Crippen LogP contribution in [0.2, 0.25) is 0 Å². The Morgan fingerprint density at radius 1 is 1.03 bits per heavy atom. The maximum Gasteiger partial charge on any atom is 0.411 e. The summed E-state index contributed by atoms with van der Waals surface area (Å²) in [5.74, 6) is -0.615. The summed E-state index contributed by atoms with van der Waals surface area (Å²) in [5.41, 5.74) is 0.616. The third-order valence-corrected chi connectivity index (χ3v) is 4.71. The van der Waals surface area contributed by atoms with Gasteiger partial charge in [-0.25, -0.2) is 4.79 Å². The van der Waals surface area contributed by atoms with Crippen molar-refractivity contribution in [3.05, 3.63) is 35.4 Å². The van der Waals surface area contributed by atoms with E-state index < -0.39 is 23.2 Å². The quantitative estimate of drug-likeness (QED) is 0.679. The van der Waals surface area contributed by atoms with E-state index in [1.54, 1.807) is 46.4 Å². The summed E-state index contributed by atoms with van der Waals surface area (Å²) in [5, 5.41) is 0. The largest absolute Gasteiger partial charge is 0.465 e. The molecule has 1 aliphatic heterocycles. The predicted octanol–water partition coefficient (Wildman–Crippen LogP) is 3.50. The van der Waals surface area contributed by atoms with E-state index in [0.717, 1.165) is 11.1 Å². The van der Waals surface area contributed by atoms with Gasteiger partial charge in [-0.15, -0.1) is 0 Å². The van der Waals surface area contributed by atoms with Gasteiger partial charge >= 0.3 is 12.1 Å². The van der Waals surface area contributed by atoms with Crippen LogP contribution in [-0.2, 0) is 32.2 Å². The lowest BCUT2D eigenvalue weighted by Gasteiger charge is -2.39. The van der Waals surface area contributed by atoms with Gasteiger partial charge in [0, 0.05) is 19.5 Å². The standard InChI is InChI=1S/C22H32N2O5/c1-7-28-19(26)15-24(20(27)29-21(2,3)4)22(5,6)12-18(25)23-13-16-10-8-9-11-17(16)14-23/h8-11H,7,12-15H2,1-6H3. The van der Waals surface area contributed by atoms with E-state index in [0.29, 0.717) is 13.1 Å². The average Bonchev–Trinajstić information content (AvgIpc) is 3.02. The lowest BCUT2D eigenvalue weighted by Crippen LogP contribution is -2.53. The molecule has 0 atom stereocenters. The van der Waals surface area contributed by atoms with Crippen molar-refractivity contribution >= 4 is 18.0 Å². The topological polar surface area (TPSA) is 76.1 Å². The second-order valence-corrected chi connectivity index (χ2v) is 8.88. The zero-order valence-corrected chi connectivity index (χ0v) is 18.3. The molecule has 160 valence electrons. The van der Waals surface area contributed by atoms with Crippen molar-refractivity contribution in [2.45, 2.75) is 72.2 Å². The fourth-order valence-electron chi connectivity index (χ4n) is 3.27. The second-order valence-electron chi connectivity index (χ2n) is 8.88. The fraction of sp³-hybridized carbons (Fsp3) is 0.591. The molecule has 2 rings (SSSR count). The van der Waals surface area contributed by atoms with Gasteiger partial charge in [0.05, 0.1) is 12.1 Å². The van der Waals surface area contributed by atoms with E-state index in [-0.39, 0.29) is 25.5 Å². The monoisotopic (exact) mass is 404 g/mol. The van der Waals surface area contributed by atoms with Crippen molar-refractivity contribution < 1.29 is 23.9 Å². The van der Waals surface area contributed by atoms with Crippen molar-refractivity contribution in [2.24, 2.45) is 0 Å². The molecule has 1 aromatic rings. The Bertz CT molecular complexity index is 742. The van der Waals surface area contributed by atoms with E-state index in [1.165, 1.54) is 4.90 Å². The maximum absolute atomic E-state index is 13.0. The molecular formula is C22H32N2O5. The molecule has 0 saturated carbocycles. The summed E-state index contributed by atoms with van der Waals surface area (Å²) in [6.07, 6.45) is -0.576. The molecule has 0 aromatic heterocycles. The normalized spacial score (nSPS) is 13.7. The number of hydrogen-bond donors (Lipinski definition) is 0. The maximum atomic E-state index is 13.0. The van der Waals surface area contributed by atoms with Crippen molar-refractivity contribution in [1.82, 2.24) is 9.80 Å². The molecule has 1 aliphatic rings. The van der Waals surface area contributed by atoms with Crippen LogP contribution >= 0.6 is 0 Å². The summed E-state index contributed by atoms with van der Waals surface area (Å²) < 4.78 is 10.5. The van der Waals surface area contributed by atoms with Gasteiger partial charge in [-0.3, -0.25) is 14.5 Å². The molecule has 0 spiro atoms. The Kier molecular flexibility index (Phi) is 6.93. The number of hydrogen-bond acceptors (Lipinski definition) is 5. The molecule has 7 heteroatoms. The van der Waals surface area contributed by atoms with Crippen LogP contribution in [0.5, 0.6) is 0 Å². The van der Waals surface area contributed by atoms with E-state index in [4.69, 9.17) is 9.47 Å². The molecule has 0 aliphatic carbocycles. The van der Waals surface area contributed by atoms with E-state index >= 15 is 0 Å². The Morgan fingerprint density at radius 2 is 1.59 bits per heavy atom. The first-order valence-electron chi connectivity index (χ1n) is 9.94. The number of carbonyl (C=O) groups excluding carboxylic acids is 3. The molecule has 0 saturated heterocycles. The molecule has 0 radical (unpaired) electrons. The molecule has 0 bridgehead atoms. The lowest BCUT2D eigenvalue weighted by atomic mass is 9.97. The summed E-state index contributed by atoms with van der Waals surface area (Å²) in [4.78, 5) is 40.9. The minimum Gasteiger partial charge on any atom is -0.465 e. The summed E-state index contributed by atoms with van der Waals surface area (Å²) in [6.45, 7) is 11.5. The van der Waals surface area contributed by atoms with Crippen LogP contribution in [0.1, 0.15) is 59.1 Å². The Hall–Kier alpha value is -2.57. The van der Waals surface area contributed by atoms with Crippen LogP contribution in [0, 0.1) is 0 Å². The molecule has 7 nitrogen and oxygen atoms in total. The van der Waals surface area contributed by atoms with E-state index in [2.05, 4.69) is 0 Å². The van der Waals surface area contributed by atoms with Crippen molar-refractivity contribution in [2.75, 3.05) is 13.2 Å². The third kappa shape index (κ3) is 6.21. The number of fused-ring (bicyclic) bond motifs is 1. The summed E-state index contributed by atoms with van der Waals surface area (Å²) in [7, 11) is 0. The average molecular weight is 405 g/mol. The first-order valence-corrected chi connectivity index (χ1v) is 9.94. The van der Waals surface area contributed by atoms with Crippen LogP contribution in [0.4, 0.5) is 4.79 Å². The Morgan fingerprint density at radius 3 is 2.07 bits per heavy atom. The van der Waals surface area contributed by atoms with Gasteiger partial charge in [-0.2, -0.15) is 0 Å². The Labute approximate surface area is 172 Å². The fourth-order valence-corrected chi connectivity index (χ4v) is 3.27. The molecule has 1 heterocycles. The van der Waals surface area contributed by atoms with Crippen molar-refractivity contribution in [3.8, 4) is 0 Å². The van der Waals surface area contributed by atoms with Gasteiger partial charge in [0.25, 0.3) is 0 Å². The second kappa shape index (κ2) is 8.84. The van der Waals surface area contributed by atoms with Crippen molar-refractivity contribution in [1.29, 1.82) is 0 Å². The lowest BCUT2D eigenvalue weighted by molar-refractivity contribution is -0.147. The molecule has 29 heavy (non-hydrogen) atoms. The smallest absolute Gasteiger partial charge is 0.411 e. The summed E-state index contributed by atoms with van der Waals surface area (Å²) in [6, 6.07) is 7.95. The van der Waals surface area contributed by atoms with Gasteiger partial charge in [0.1, 0.15) is 12.1 Å². The minimum absolute atomic E-state index is 0.0691. The van der Waals surface area contributed by atoms with E-state index in [1.807, 2.05) is 24.3 Å². The zero-order chi connectivity index (χ0) is 21.8. The number of ether oxygens (including phenoxy) is 2. The summed E-state index contributed by atoms with van der Waals surface area (Å²) >= 11 is 0. The van der Waals surface area contributed by atoms with Crippen LogP contribution in [-0.4, -0.2) is 52.1 Å². The number of benzene rings is 1. The molecular weight excluding hydrogens is 372 g/mol. The molecule has 0 fully saturated rings. The highest BCUT2D eigenvalue weighted by atomic mass is 16.6. The highest BCUT2D eigenvalue weighted by Gasteiger charge is 2.39. The van der Waals surface area contributed by atoms with Crippen LogP contribution in [0.25, 0.3) is 0 Å². The molecule has 2 amide bonds. The highest BCUT2D eigenvalue weighted by molar-refractivity contribution is 5.82. The van der Waals surface area contributed by atoms with Gasteiger partial charge in [-0.05, 0) is 52.7 Å². The predicted molar refractivity (Wildman–Crippen MR) is 109 cm³/mol. The number of nitrogens with zero attached hydrogens (tertiary/aromatic N) is 2. The number of carbonyl (C=O) groups is 3. The zero-order valence-electron chi connectivity index (χ0n) is 18.3. The Balaban J connectivity index is 2.14. The third-order valence-electron chi connectivity index (χ3n) is 4.71. The minimum atomic E-state index is -0.930. The molecule has 1 aromatic carbocycles. The number of amides is 2. The van der Waals surface area contributed by atoms with Gasteiger partial charge in [0.2, 0.25) is 5.91 Å². The van der Waals surface area contributed by atoms with Gasteiger partial charge in [-0.1, -0.05) is 24.3 Å². The van der Waals surface area contributed by atoms with Crippen LogP contribution in [0.15, 0.2) is 24.3 Å².